The normalized spacial score (nSPS) is 11.3. The fraction of sp³-hybridized carbons (Fsp3) is 0.400. The van der Waals surface area contributed by atoms with Crippen molar-refractivity contribution >= 4 is 16.8 Å². The van der Waals surface area contributed by atoms with E-state index in [9.17, 15) is 9.18 Å². The monoisotopic (exact) mass is 356 g/mol. The number of aromatic nitrogens is 3. The molecule has 0 aliphatic heterocycles. The van der Waals surface area contributed by atoms with Gasteiger partial charge in [0, 0.05) is 29.9 Å². The number of para-hydroxylation sites is 1. The maximum absolute atomic E-state index is 13.9. The second kappa shape index (κ2) is 7.32. The molecule has 6 heteroatoms. The zero-order valence-corrected chi connectivity index (χ0v) is 15.7. The zero-order chi connectivity index (χ0) is 18.8. The molecular weight excluding hydrogens is 331 g/mol. The number of rotatable bonds is 6. The predicted octanol–water partition coefficient (Wildman–Crippen LogP) is 3.35. The summed E-state index contributed by atoms with van der Waals surface area (Å²) < 4.78 is 15.9. The Hall–Kier alpha value is -2.63. The molecule has 2 heterocycles. The van der Waals surface area contributed by atoms with Crippen LogP contribution in [0.5, 0.6) is 0 Å². The molecule has 26 heavy (non-hydrogen) atoms. The van der Waals surface area contributed by atoms with Crippen molar-refractivity contribution < 1.29 is 9.18 Å². The van der Waals surface area contributed by atoms with Crippen LogP contribution in [0, 0.1) is 26.6 Å². The SMILES string of the molecule is CCn1nc(C)c(CCNC(=O)Cc2c(C)[nH]c3c(F)cccc23)c1C. The van der Waals surface area contributed by atoms with Gasteiger partial charge in [-0.25, -0.2) is 4.39 Å². The third-order valence-electron chi connectivity index (χ3n) is 4.97. The smallest absolute Gasteiger partial charge is 0.224 e. The van der Waals surface area contributed by atoms with Gasteiger partial charge in [0.25, 0.3) is 0 Å². The number of nitrogens with zero attached hydrogens (tertiary/aromatic N) is 2. The summed E-state index contributed by atoms with van der Waals surface area (Å²) in [7, 11) is 0. The molecule has 0 aliphatic carbocycles. The minimum atomic E-state index is -0.295. The Morgan fingerprint density at radius 3 is 2.73 bits per heavy atom. The summed E-state index contributed by atoms with van der Waals surface area (Å²) in [5, 5.41) is 8.25. The molecule has 0 atom stereocenters. The quantitative estimate of drug-likeness (QED) is 0.711. The van der Waals surface area contributed by atoms with E-state index in [-0.39, 0.29) is 18.1 Å². The van der Waals surface area contributed by atoms with Gasteiger partial charge in [-0.05, 0) is 51.3 Å². The number of carbonyl (C=O) groups is 1. The Labute approximate surface area is 152 Å². The summed E-state index contributed by atoms with van der Waals surface area (Å²) >= 11 is 0. The summed E-state index contributed by atoms with van der Waals surface area (Å²) in [6, 6.07) is 4.93. The maximum Gasteiger partial charge on any atom is 0.224 e. The van der Waals surface area contributed by atoms with E-state index in [0.29, 0.717) is 12.1 Å². The topological polar surface area (TPSA) is 62.7 Å². The highest BCUT2D eigenvalue weighted by Gasteiger charge is 2.15. The summed E-state index contributed by atoms with van der Waals surface area (Å²) in [5.74, 6) is -0.354. The van der Waals surface area contributed by atoms with Crippen molar-refractivity contribution in [2.24, 2.45) is 0 Å². The number of benzene rings is 1. The van der Waals surface area contributed by atoms with E-state index in [0.717, 1.165) is 41.0 Å². The fourth-order valence-corrected chi connectivity index (χ4v) is 3.55. The highest BCUT2D eigenvalue weighted by Crippen LogP contribution is 2.24. The molecule has 0 saturated heterocycles. The number of carbonyl (C=O) groups excluding carboxylic acids is 1. The molecule has 0 unspecified atom stereocenters. The molecule has 2 N–H and O–H groups in total. The predicted molar refractivity (Wildman–Crippen MR) is 101 cm³/mol. The molecule has 0 bridgehead atoms. The molecule has 0 fully saturated rings. The third kappa shape index (κ3) is 3.36. The van der Waals surface area contributed by atoms with Crippen molar-refractivity contribution in [1.82, 2.24) is 20.1 Å². The first-order valence-corrected chi connectivity index (χ1v) is 8.97. The molecule has 0 saturated carbocycles. The lowest BCUT2D eigenvalue weighted by atomic mass is 10.1. The number of fused-ring (bicyclic) bond motifs is 1. The van der Waals surface area contributed by atoms with Crippen LogP contribution in [0.4, 0.5) is 4.39 Å². The van der Waals surface area contributed by atoms with Crippen LogP contribution in [0.15, 0.2) is 18.2 Å². The number of aromatic amines is 1. The Morgan fingerprint density at radius 1 is 1.27 bits per heavy atom. The van der Waals surface area contributed by atoms with Crippen LogP contribution in [0.2, 0.25) is 0 Å². The summed E-state index contributed by atoms with van der Waals surface area (Å²) in [4.78, 5) is 15.4. The van der Waals surface area contributed by atoms with Crippen LogP contribution < -0.4 is 5.32 Å². The number of amides is 1. The number of nitrogens with one attached hydrogen (secondary N) is 2. The first-order valence-electron chi connectivity index (χ1n) is 8.97. The summed E-state index contributed by atoms with van der Waals surface area (Å²) in [6.07, 6.45) is 0.992. The van der Waals surface area contributed by atoms with Gasteiger partial charge in [-0.15, -0.1) is 0 Å². The average molecular weight is 356 g/mol. The fourth-order valence-electron chi connectivity index (χ4n) is 3.55. The van der Waals surface area contributed by atoms with E-state index in [1.165, 1.54) is 11.6 Å². The van der Waals surface area contributed by atoms with E-state index < -0.39 is 0 Å². The highest BCUT2D eigenvalue weighted by molar-refractivity contribution is 5.90. The largest absolute Gasteiger partial charge is 0.356 e. The van der Waals surface area contributed by atoms with Gasteiger partial charge in [-0.1, -0.05) is 12.1 Å². The van der Waals surface area contributed by atoms with Crippen LogP contribution in [-0.4, -0.2) is 27.2 Å². The van der Waals surface area contributed by atoms with Crippen molar-refractivity contribution in [2.45, 2.75) is 47.1 Å². The van der Waals surface area contributed by atoms with E-state index in [1.807, 2.05) is 24.6 Å². The number of hydrogen-bond acceptors (Lipinski definition) is 2. The van der Waals surface area contributed by atoms with Crippen molar-refractivity contribution in [2.75, 3.05) is 6.54 Å². The summed E-state index contributed by atoms with van der Waals surface area (Å²) in [6.45, 7) is 9.40. The molecular formula is C20H25FN4O. The van der Waals surface area contributed by atoms with Crippen LogP contribution in [0.1, 0.15) is 35.1 Å². The van der Waals surface area contributed by atoms with Crippen molar-refractivity contribution in [3.05, 3.63) is 52.2 Å². The Morgan fingerprint density at radius 2 is 2.04 bits per heavy atom. The highest BCUT2D eigenvalue weighted by atomic mass is 19.1. The summed E-state index contributed by atoms with van der Waals surface area (Å²) in [5.41, 5.74) is 5.51. The molecule has 0 spiro atoms. The van der Waals surface area contributed by atoms with Gasteiger partial charge in [-0.2, -0.15) is 5.10 Å². The third-order valence-corrected chi connectivity index (χ3v) is 4.97. The first-order chi connectivity index (χ1) is 12.4. The van der Waals surface area contributed by atoms with E-state index in [1.54, 1.807) is 6.07 Å². The van der Waals surface area contributed by atoms with Crippen molar-refractivity contribution in [3.8, 4) is 0 Å². The van der Waals surface area contributed by atoms with Gasteiger partial charge in [-0.3, -0.25) is 9.48 Å². The molecule has 1 aromatic carbocycles. The first kappa shape index (κ1) is 18.2. The molecule has 2 aromatic heterocycles. The standard InChI is InChI=1S/C20H25FN4O/c1-5-25-14(4)15(13(3)24-25)9-10-22-19(26)11-17-12(2)23-20-16(17)7-6-8-18(20)21/h6-8,23H,5,9-11H2,1-4H3,(H,22,26). The second-order valence-corrected chi connectivity index (χ2v) is 6.63. The minimum Gasteiger partial charge on any atom is -0.356 e. The number of aryl methyl sites for hydroxylation is 3. The van der Waals surface area contributed by atoms with Gasteiger partial charge >= 0.3 is 0 Å². The van der Waals surface area contributed by atoms with Gasteiger partial charge in [0.2, 0.25) is 5.91 Å². The van der Waals surface area contributed by atoms with Crippen LogP contribution in [0.3, 0.4) is 0 Å². The van der Waals surface area contributed by atoms with Gasteiger partial charge in [0.15, 0.2) is 0 Å². The van der Waals surface area contributed by atoms with Gasteiger partial charge in [0.05, 0.1) is 17.6 Å². The number of hydrogen-bond donors (Lipinski definition) is 2. The average Bonchev–Trinajstić information content (AvgIpc) is 3.07. The Balaban J connectivity index is 1.65. The van der Waals surface area contributed by atoms with Crippen molar-refractivity contribution in [3.63, 3.8) is 0 Å². The van der Waals surface area contributed by atoms with Crippen LogP contribution in [0.25, 0.3) is 10.9 Å². The van der Waals surface area contributed by atoms with Gasteiger partial charge in [0.1, 0.15) is 5.82 Å². The van der Waals surface area contributed by atoms with E-state index in [4.69, 9.17) is 0 Å². The zero-order valence-electron chi connectivity index (χ0n) is 15.7. The van der Waals surface area contributed by atoms with Crippen molar-refractivity contribution in [1.29, 1.82) is 0 Å². The molecule has 138 valence electrons. The van der Waals surface area contributed by atoms with Gasteiger partial charge < -0.3 is 10.3 Å². The molecule has 0 radical (unpaired) electrons. The number of halogens is 1. The molecule has 3 aromatic rings. The van der Waals surface area contributed by atoms with Crippen LogP contribution >= 0.6 is 0 Å². The lowest BCUT2D eigenvalue weighted by Crippen LogP contribution is -2.27. The number of H-pyrrole nitrogens is 1. The Bertz CT molecular complexity index is 955. The minimum absolute atomic E-state index is 0.0588. The Kier molecular flexibility index (Phi) is 5.11. The lowest BCUT2D eigenvalue weighted by Gasteiger charge is -2.07. The van der Waals surface area contributed by atoms with E-state index >= 15 is 0 Å². The molecule has 5 nitrogen and oxygen atoms in total. The second-order valence-electron chi connectivity index (χ2n) is 6.63. The van der Waals surface area contributed by atoms with E-state index in [2.05, 4.69) is 29.2 Å². The molecule has 3 rings (SSSR count). The maximum atomic E-state index is 13.9. The molecule has 1 amide bonds. The lowest BCUT2D eigenvalue weighted by molar-refractivity contribution is -0.120. The van der Waals surface area contributed by atoms with Crippen LogP contribution in [-0.2, 0) is 24.2 Å². The molecule has 0 aliphatic rings.